The zero-order valence-corrected chi connectivity index (χ0v) is 15.9. The average Bonchev–Trinajstić information content (AvgIpc) is 3.11. The predicted octanol–water partition coefficient (Wildman–Crippen LogP) is 1.47. The van der Waals surface area contributed by atoms with Crippen molar-refractivity contribution in [1.29, 1.82) is 0 Å². The molecule has 0 radical (unpaired) electrons. The van der Waals surface area contributed by atoms with E-state index in [4.69, 9.17) is 4.99 Å². The van der Waals surface area contributed by atoms with Crippen LogP contribution in [0, 0.1) is 5.41 Å². The van der Waals surface area contributed by atoms with Crippen LogP contribution in [0.2, 0.25) is 0 Å². The maximum absolute atomic E-state index is 12.3. The number of hydrogen-bond acceptors (Lipinski definition) is 3. The second kappa shape index (κ2) is 7.62. The Balaban J connectivity index is 1.56. The van der Waals surface area contributed by atoms with Crippen LogP contribution < -0.4 is 11.0 Å². The van der Waals surface area contributed by atoms with Crippen LogP contribution in [0.5, 0.6) is 0 Å². The number of nitrogens with one attached hydrogen (secondary N) is 1. The second-order valence-corrected chi connectivity index (χ2v) is 7.96. The van der Waals surface area contributed by atoms with Crippen LogP contribution in [0.3, 0.4) is 0 Å². The van der Waals surface area contributed by atoms with Gasteiger partial charge in [-0.3, -0.25) is 9.56 Å². The molecule has 0 bridgehead atoms. The first-order valence-electron chi connectivity index (χ1n) is 9.70. The summed E-state index contributed by atoms with van der Waals surface area (Å²) in [6.07, 6.45) is 5.19. The Hall–Kier alpha value is -1.79. The highest BCUT2D eigenvalue weighted by atomic mass is 16.2. The minimum atomic E-state index is 0.0480. The summed E-state index contributed by atoms with van der Waals surface area (Å²) < 4.78 is 3.46. The molecule has 0 aromatic carbocycles. The van der Waals surface area contributed by atoms with E-state index in [1.165, 1.54) is 6.42 Å². The largest absolute Gasteiger partial charge is 0.357 e. The van der Waals surface area contributed by atoms with E-state index < -0.39 is 0 Å². The Labute approximate surface area is 150 Å². The molecule has 1 aromatic rings. The van der Waals surface area contributed by atoms with E-state index in [-0.39, 0.29) is 5.69 Å². The van der Waals surface area contributed by atoms with Gasteiger partial charge in [0, 0.05) is 45.7 Å². The summed E-state index contributed by atoms with van der Waals surface area (Å²) in [4.78, 5) is 19.5. The average molecular weight is 348 g/mol. The highest BCUT2D eigenvalue weighted by molar-refractivity contribution is 5.80. The molecule has 3 rings (SSSR count). The van der Waals surface area contributed by atoms with Gasteiger partial charge in [-0.25, -0.2) is 9.48 Å². The number of aromatic nitrogens is 3. The topological polar surface area (TPSA) is 67.5 Å². The van der Waals surface area contributed by atoms with Crippen molar-refractivity contribution in [3.8, 4) is 0 Å². The van der Waals surface area contributed by atoms with Crippen molar-refractivity contribution in [2.45, 2.75) is 66.0 Å². The van der Waals surface area contributed by atoms with Gasteiger partial charge in [-0.05, 0) is 38.0 Å². The molecule has 2 aliphatic heterocycles. The van der Waals surface area contributed by atoms with Crippen LogP contribution in [0.25, 0.3) is 0 Å². The van der Waals surface area contributed by atoms with Crippen molar-refractivity contribution in [3.63, 3.8) is 0 Å². The molecule has 7 nitrogen and oxygen atoms in total. The van der Waals surface area contributed by atoms with Crippen LogP contribution in [-0.2, 0) is 19.5 Å². The van der Waals surface area contributed by atoms with Gasteiger partial charge < -0.3 is 10.2 Å². The standard InChI is InChI=1S/C18H32N6O/c1-4-19-16(22-13-9-18(2,3)14-22)20-10-7-12-24-17(25)23-11-6-5-8-15(23)21-24/h4-14H2,1-3H3,(H,19,20). The third-order valence-corrected chi connectivity index (χ3v) is 5.13. The first-order valence-corrected chi connectivity index (χ1v) is 9.70. The van der Waals surface area contributed by atoms with Gasteiger partial charge >= 0.3 is 5.69 Å². The molecule has 0 saturated carbocycles. The number of fused-ring (bicyclic) bond motifs is 1. The number of nitrogens with zero attached hydrogens (tertiary/aromatic N) is 5. The molecule has 3 heterocycles. The number of guanidine groups is 1. The second-order valence-electron chi connectivity index (χ2n) is 7.96. The van der Waals surface area contributed by atoms with Crippen LogP contribution >= 0.6 is 0 Å². The normalized spacial score (nSPS) is 20.0. The van der Waals surface area contributed by atoms with E-state index in [0.29, 0.717) is 18.5 Å². The lowest BCUT2D eigenvalue weighted by Gasteiger charge is -2.23. The summed E-state index contributed by atoms with van der Waals surface area (Å²) in [6.45, 7) is 11.9. The van der Waals surface area contributed by atoms with Crippen molar-refractivity contribution in [2.75, 3.05) is 26.2 Å². The van der Waals surface area contributed by atoms with Gasteiger partial charge in [-0.1, -0.05) is 13.8 Å². The molecule has 140 valence electrons. The molecular weight excluding hydrogens is 316 g/mol. The summed E-state index contributed by atoms with van der Waals surface area (Å²) >= 11 is 0. The molecule has 0 spiro atoms. The number of aryl methyl sites for hydroxylation is 2. The Morgan fingerprint density at radius 2 is 2.16 bits per heavy atom. The molecule has 0 aliphatic carbocycles. The van der Waals surface area contributed by atoms with Gasteiger partial charge in [0.1, 0.15) is 5.82 Å². The van der Waals surface area contributed by atoms with Crippen molar-refractivity contribution in [2.24, 2.45) is 10.4 Å². The Bertz CT molecular complexity index is 672. The smallest absolute Gasteiger partial charge is 0.345 e. The van der Waals surface area contributed by atoms with Crippen LogP contribution in [0.15, 0.2) is 9.79 Å². The lowest BCUT2D eigenvalue weighted by Crippen LogP contribution is -2.40. The molecule has 0 amide bonds. The van der Waals surface area contributed by atoms with Gasteiger partial charge in [-0.15, -0.1) is 0 Å². The SMILES string of the molecule is CCNC(=NCCCn1nc2n(c1=O)CCCC2)N1CCC(C)(C)C1. The van der Waals surface area contributed by atoms with Crippen molar-refractivity contribution < 1.29 is 0 Å². The molecule has 0 atom stereocenters. The number of likely N-dealkylation sites (tertiary alicyclic amines) is 1. The first kappa shape index (κ1) is 18.0. The van der Waals surface area contributed by atoms with E-state index in [9.17, 15) is 4.79 Å². The third kappa shape index (κ3) is 4.25. The zero-order valence-electron chi connectivity index (χ0n) is 15.9. The first-order chi connectivity index (χ1) is 12.0. The van der Waals surface area contributed by atoms with Crippen LogP contribution in [0.1, 0.15) is 52.3 Å². The third-order valence-electron chi connectivity index (χ3n) is 5.13. The molecule has 1 aromatic heterocycles. The minimum absolute atomic E-state index is 0.0480. The number of aliphatic imine (C=N–C) groups is 1. The molecule has 1 fully saturated rings. The lowest BCUT2D eigenvalue weighted by atomic mass is 9.93. The van der Waals surface area contributed by atoms with Gasteiger partial charge in [0.25, 0.3) is 0 Å². The Kier molecular flexibility index (Phi) is 5.49. The summed E-state index contributed by atoms with van der Waals surface area (Å²) in [5, 5.41) is 7.89. The van der Waals surface area contributed by atoms with Crippen molar-refractivity contribution >= 4 is 5.96 Å². The van der Waals surface area contributed by atoms with Crippen molar-refractivity contribution in [3.05, 3.63) is 16.3 Å². The van der Waals surface area contributed by atoms with E-state index in [0.717, 1.165) is 63.6 Å². The highest BCUT2D eigenvalue weighted by Gasteiger charge is 2.30. The fourth-order valence-corrected chi connectivity index (χ4v) is 3.72. The van der Waals surface area contributed by atoms with E-state index >= 15 is 0 Å². The van der Waals surface area contributed by atoms with Gasteiger partial charge in [0.15, 0.2) is 5.96 Å². The quantitative estimate of drug-likeness (QED) is 0.497. The molecule has 1 N–H and O–H groups in total. The molecular formula is C18H32N6O. The Morgan fingerprint density at radius 3 is 2.84 bits per heavy atom. The van der Waals surface area contributed by atoms with Gasteiger partial charge in [-0.2, -0.15) is 5.10 Å². The van der Waals surface area contributed by atoms with Gasteiger partial charge in [0.2, 0.25) is 0 Å². The fraction of sp³-hybridized carbons (Fsp3) is 0.833. The number of rotatable bonds is 5. The van der Waals surface area contributed by atoms with Crippen LogP contribution in [0.4, 0.5) is 0 Å². The summed E-state index contributed by atoms with van der Waals surface area (Å²) in [5.41, 5.74) is 0.408. The molecule has 0 unspecified atom stereocenters. The molecule has 1 saturated heterocycles. The van der Waals surface area contributed by atoms with Crippen LogP contribution in [-0.4, -0.2) is 51.4 Å². The van der Waals surface area contributed by atoms with E-state index in [1.807, 2.05) is 4.57 Å². The molecule has 25 heavy (non-hydrogen) atoms. The fourth-order valence-electron chi connectivity index (χ4n) is 3.72. The summed E-state index contributed by atoms with van der Waals surface area (Å²) in [6, 6.07) is 0. The van der Waals surface area contributed by atoms with Gasteiger partial charge in [0.05, 0.1) is 0 Å². The molecule has 7 heteroatoms. The monoisotopic (exact) mass is 348 g/mol. The van der Waals surface area contributed by atoms with Crippen molar-refractivity contribution in [1.82, 2.24) is 24.6 Å². The summed E-state index contributed by atoms with van der Waals surface area (Å²) in [5.74, 6) is 1.96. The Morgan fingerprint density at radius 1 is 1.32 bits per heavy atom. The van der Waals surface area contributed by atoms with E-state index in [2.05, 4.69) is 36.1 Å². The summed E-state index contributed by atoms with van der Waals surface area (Å²) in [7, 11) is 0. The van der Waals surface area contributed by atoms with E-state index in [1.54, 1.807) is 4.68 Å². The maximum Gasteiger partial charge on any atom is 0.345 e. The maximum atomic E-state index is 12.3. The number of hydrogen-bond donors (Lipinski definition) is 1. The zero-order chi connectivity index (χ0) is 17.9. The minimum Gasteiger partial charge on any atom is -0.357 e. The lowest BCUT2D eigenvalue weighted by molar-refractivity contribution is 0.370. The molecule has 2 aliphatic rings. The highest BCUT2D eigenvalue weighted by Crippen LogP contribution is 2.28. The predicted molar refractivity (Wildman–Crippen MR) is 100.0 cm³/mol.